The quantitative estimate of drug-likeness (QED) is 0.591. The Morgan fingerprint density at radius 2 is 2.09 bits per heavy atom. The topological polar surface area (TPSA) is 12.4 Å². The van der Waals surface area contributed by atoms with Crippen molar-refractivity contribution >= 4 is 18.5 Å². The van der Waals surface area contributed by atoms with Crippen molar-refractivity contribution in [2.24, 2.45) is 10.9 Å². The fourth-order valence-electron chi connectivity index (χ4n) is 0.991. The Bertz CT molecular complexity index is 159. The van der Waals surface area contributed by atoms with Gasteiger partial charge in [-0.3, -0.25) is 4.99 Å². The van der Waals surface area contributed by atoms with Crippen LogP contribution in [0.3, 0.4) is 0 Å². The summed E-state index contributed by atoms with van der Waals surface area (Å²) in [4.78, 5) is 5.32. The largest absolute Gasteiger partial charge is 0.268 e. The molecule has 0 spiro atoms. The first-order chi connectivity index (χ1) is 5.13. The van der Waals surface area contributed by atoms with Gasteiger partial charge in [-0.25, -0.2) is 0 Å². The molecule has 0 aliphatic heterocycles. The van der Waals surface area contributed by atoms with E-state index in [4.69, 9.17) is 0 Å². The lowest BCUT2D eigenvalue weighted by atomic mass is 10.1. The third-order valence-electron chi connectivity index (χ3n) is 1.44. The van der Waals surface area contributed by atoms with Gasteiger partial charge in [-0.15, -0.1) is 11.8 Å². The third-order valence-corrected chi connectivity index (χ3v) is 2.37. The lowest BCUT2D eigenvalue weighted by Crippen LogP contribution is -1.92. The average Bonchev–Trinajstić information content (AvgIpc) is 1.88. The Balaban J connectivity index is 4.39. The van der Waals surface area contributed by atoms with Gasteiger partial charge < -0.3 is 0 Å². The van der Waals surface area contributed by atoms with Crippen molar-refractivity contribution in [1.82, 2.24) is 0 Å². The van der Waals surface area contributed by atoms with Crippen LogP contribution in [0.5, 0.6) is 0 Å². The highest BCUT2D eigenvalue weighted by molar-refractivity contribution is 8.03. The third kappa shape index (κ3) is 3.61. The number of nitrogens with zero attached hydrogens (tertiary/aromatic N) is 1. The Morgan fingerprint density at radius 3 is 2.36 bits per heavy atom. The zero-order valence-electron chi connectivity index (χ0n) is 7.85. The van der Waals surface area contributed by atoms with Crippen LogP contribution in [0.2, 0.25) is 0 Å². The minimum Gasteiger partial charge on any atom is -0.268 e. The van der Waals surface area contributed by atoms with Gasteiger partial charge in [0.25, 0.3) is 0 Å². The maximum Gasteiger partial charge on any atom is 0.0513 e. The van der Waals surface area contributed by atoms with Crippen LogP contribution in [-0.2, 0) is 0 Å². The monoisotopic (exact) mass is 171 g/mol. The van der Waals surface area contributed by atoms with Crippen molar-refractivity contribution in [2.45, 2.75) is 27.7 Å². The molecule has 0 N–H and O–H groups in total. The molecule has 0 atom stereocenters. The second kappa shape index (κ2) is 5.42. The van der Waals surface area contributed by atoms with E-state index in [2.05, 4.69) is 39.4 Å². The fraction of sp³-hybridized carbons (Fsp3) is 0.667. The maximum absolute atomic E-state index is 4.01. The molecule has 0 heterocycles. The van der Waals surface area contributed by atoms with E-state index in [9.17, 15) is 0 Å². The van der Waals surface area contributed by atoms with Crippen LogP contribution in [0.4, 0.5) is 0 Å². The highest BCUT2D eigenvalue weighted by Gasteiger charge is 2.04. The average molecular weight is 171 g/mol. The maximum atomic E-state index is 4.01. The smallest absolute Gasteiger partial charge is 0.0513 e. The van der Waals surface area contributed by atoms with E-state index in [1.54, 1.807) is 0 Å². The summed E-state index contributed by atoms with van der Waals surface area (Å²) in [5, 5.41) is 0. The predicted octanol–water partition coefficient (Wildman–Crippen LogP) is 3.33. The zero-order chi connectivity index (χ0) is 8.85. The molecule has 64 valence electrons. The second-order valence-electron chi connectivity index (χ2n) is 2.69. The second-order valence-corrected chi connectivity index (χ2v) is 4.17. The van der Waals surface area contributed by atoms with Gasteiger partial charge in [0.05, 0.1) is 5.70 Å². The van der Waals surface area contributed by atoms with E-state index in [1.165, 1.54) is 4.91 Å². The lowest BCUT2D eigenvalue weighted by Gasteiger charge is -2.08. The van der Waals surface area contributed by atoms with E-state index in [0.29, 0.717) is 5.92 Å². The molecule has 0 bridgehead atoms. The number of thioether (sulfide) groups is 1. The highest BCUT2D eigenvalue weighted by Crippen LogP contribution is 2.24. The molecule has 0 aliphatic carbocycles. The molecule has 1 nitrogen and oxygen atoms in total. The molecule has 0 rings (SSSR count). The summed E-state index contributed by atoms with van der Waals surface area (Å²) in [5.41, 5.74) is 1.14. The summed E-state index contributed by atoms with van der Waals surface area (Å²) in [6, 6.07) is 0. The van der Waals surface area contributed by atoms with Gasteiger partial charge in [-0.1, -0.05) is 20.8 Å². The van der Waals surface area contributed by atoms with Crippen molar-refractivity contribution in [2.75, 3.05) is 5.75 Å². The molecule has 11 heavy (non-hydrogen) atoms. The van der Waals surface area contributed by atoms with Gasteiger partial charge in [0, 0.05) is 4.91 Å². The van der Waals surface area contributed by atoms with Crippen LogP contribution in [0.25, 0.3) is 0 Å². The first-order valence-electron chi connectivity index (χ1n) is 3.93. The normalized spacial score (nSPS) is 13.2. The molecule has 0 radical (unpaired) electrons. The molecule has 0 aliphatic rings. The van der Waals surface area contributed by atoms with E-state index in [0.717, 1.165) is 11.4 Å². The lowest BCUT2D eigenvalue weighted by molar-refractivity contribution is 0.755. The summed E-state index contributed by atoms with van der Waals surface area (Å²) >= 11 is 1.84. The molecular formula is C9H17NS. The summed E-state index contributed by atoms with van der Waals surface area (Å²) in [5.74, 6) is 1.60. The van der Waals surface area contributed by atoms with Gasteiger partial charge in [0.15, 0.2) is 0 Å². The van der Waals surface area contributed by atoms with Crippen LogP contribution < -0.4 is 0 Å². The molecule has 0 aromatic carbocycles. The minimum atomic E-state index is 0.492. The van der Waals surface area contributed by atoms with E-state index in [1.807, 2.05) is 11.8 Å². The van der Waals surface area contributed by atoms with E-state index >= 15 is 0 Å². The Kier molecular flexibility index (Phi) is 5.30. The fourth-order valence-corrected chi connectivity index (χ4v) is 1.87. The Morgan fingerprint density at radius 1 is 1.55 bits per heavy atom. The van der Waals surface area contributed by atoms with Crippen molar-refractivity contribution in [1.29, 1.82) is 0 Å². The standard InChI is InChI=1S/C9H17NS/c1-6-11-8(4)9(10-5)7(2)3/h7H,5-6H2,1-4H3/b9-8-. The van der Waals surface area contributed by atoms with E-state index in [-0.39, 0.29) is 0 Å². The van der Waals surface area contributed by atoms with Crippen molar-refractivity contribution in [3.63, 3.8) is 0 Å². The molecule has 0 amide bonds. The molecular weight excluding hydrogens is 154 g/mol. The zero-order valence-corrected chi connectivity index (χ0v) is 8.66. The van der Waals surface area contributed by atoms with Crippen LogP contribution in [0.1, 0.15) is 27.7 Å². The molecule has 2 heteroatoms. The molecule has 0 aromatic heterocycles. The number of aliphatic imine (C=N–C) groups is 1. The van der Waals surface area contributed by atoms with Gasteiger partial charge in [-0.2, -0.15) is 0 Å². The van der Waals surface area contributed by atoms with Crippen molar-refractivity contribution < 1.29 is 0 Å². The first-order valence-corrected chi connectivity index (χ1v) is 4.92. The summed E-state index contributed by atoms with van der Waals surface area (Å²) < 4.78 is 0. The van der Waals surface area contributed by atoms with Crippen molar-refractivity contribution in [3.05, 3.63) is 10.6 Å². The Labute approximate surface area is 74.0 Å². The van der Waals surface area contributed by atoms with Gasteiger partial charge in [0.1, 0.15) is 0 Å². The van der Waals surface area contributed by atoms with Crippen LogP contribution >= 0.6 is 11.8 Å². The summed E-state index contributed by atoms with van der Waals surface area (Å²) in [7, 11) is 0. The minimum absolute atomic E-state index is 0.492. The van der Waals surface area contributed by atoms with Crippen LogP contribution in [0.15, 0.2) is 15.6 Å². The SMILES string of the molecule is C=N/C(=C(/C)SCC)C(C)C. The number of hydrogen-bond donors (Lipinski definition) is 0. The first kappa shape index (κ1) is 10.8. The molecule has 0 aromatic rings. The van der Waals surface area contributed by atoms with Gasteiger partial charge in [-0.05, 0) is 25.3 Å². The van der Waals surface area contributed by atoms with Crippen molar-refractivity contribution in [3.8, 4) is 0 Å². The number of allylic oxidation sites excluding steroid dienone is 2. The molecule has 0 fully saturated rings. The van der Waals surface area contributed by atoms with Gasteiger partial charge >= 0.3 is 0 Å². The molecule has 0 saturated carbocycles. The Hall–Kier alpha value is -0.240. The highest BCUT2D eigenvalue weighted by atomic mass is 32.2. The predicted molar refractivity (Wildman–Crippen MR) is 55.2 cm³/mol. The molecule has 0 saturated heterocycles. The molecule has 0 unspecified atom stereocenters. The van der Waals surface area contributed by atoms with Crippen LogP contribution in [0, 0.1) is 5.92 Å². The van der Waals surface area contributed by atoms with E-state index < -0.39 is 0 Å². The number of rotatable bonds is 4. The van der Waals surface area contributed by atoms with Gasteiger partial charge in [0.2, 0.25) is 0 Å². The van der Waals surface area contributed by atoms with Crippen LogP contribution in [-0.4, -0.2) is 12.5 Å². The summed E-state index contributed by atoms with van der Waals surface area (Å²) in [6.07, 6.45) is 0. The summed E-state index contributed by atoms with van der Waals surface area (Å²) in [6.45, 7) is 12.1. The number of hydrogen-bond acceptors (Lipinski definition) is 2.